The minimum Gasteiger partial charge on any atom is -0.462 e. The number of alkyl halides is 24. The molecule has 0 N–H and O–H groups in total. The van der Waals surface area contributed by atoms with Crippen molar-refractivity contribution in [1.29, 1.82) is 0 Å². The van der Waals surface area contributed by atoms with E-state index in [1.165, 1.54) is 0 Å². The van der Waals surface area contributed by atoms with Crippen LogP contribution >= 0.6 is 0 Å². The number of hydrogen-bond acceptors (Lipinski definition) is 4. The van der Waals surface area contributed by atoms with Gasteiger partial charge in [-0.25, -0.2) is 9.59 Å². The van der Waals surface area contributed by atoms with Crippen LogP contribution < -0.4 is 0 Å². The summed E-state index contributed by atoms with van der Waals surface area (Å²) in [7, 11) is 0. The Morgan fingerprint density at radius 2 is 0.837 bits per heavy atom. The first-order chi connectivity index (χ1) is 21.0. The van der Waals surface area contributed by atoms with Crippen LogP contribution in [0.5, 0.6) is 0 Å². The van der Waals surface area contributed by atoms with E-state index in [0.717, 1.165) is 6.92 Å². The van der Waals surface area contributed by atoms with Crippen LogP contribution in [0.2, 0.25) is 0 Å². The third-order valence-electron chi connectivity index (χ3n) is 5.16. The predicted octanol–water partition coefficient (Wildman–Crippen LogP) is 9.05. The molecule has 49 heavy (non-hydrogen) atoms. The lowest BCUT2D eigenvalue weighted by molar-refractivity contribution is -0.461. The summed E-state index contributed by atoms with van der Waals surface area (Å²) in [5.41, 5.74) is -0.589. The number of ether oxygens (including phenoxy) is 2. The first-order valence-electron chi connectivity index (χ1n) is 11.2. The van der Waals surface area contributed by atoms with Gasteiger partial charge in [0, 0.05) is 11.6 Å². The zero-order valence-electron chi connectivity index (χ0n) is 22.8. The van der Waals surface area contributed by atoms with Crippen LogP contribution in [-0.2, 0) is 19.1 Å². The van der Waals surface area contributed by atoms with Gasteiger partial charge in [0.2, 0.25) is 0 Å². The highest BCUT2D eigenvalue weighted by molar-refractivity contribution is 5.86. The van der Waals surface area contributed by atoms with Crippen molar-refractivity contribution in [2.75, 3.05) is 13.2 Å². The second-order valence-electron chi connectivity index (χ2n) is 8.90. The normalized spacial score (nSPS) is 14.8. The topological polar surface area (TPSA) is 52.6 Å². The Hall–Kier alpha value is -3.26. The van der Waals surface area contributed by atoms with Crippen LogP contribution in [-0.4, -0.2) is 90.8 Å². The van der Waals surface area contributed by atoms with Gasteiger partial charge in [-0.1, -0.05) is 13.2 Å². The van der Waals surface area contributed by atoms with Crippen LogP contribution in [0.3, 0.4) is 0 Å². The molecule has 4 nitrogen and oxygen atoms in total. The van der Waals surface area contributed by atoms with Gasteiger partial charge < -0.3 is 9.47 Å². The van der Waals surface area contributed by atoms with Crippen molar-refractivity contribution >= 4 is 11.9 Å². The highest BCUT2D eigenvalue weighted by Crippen LogP contribution is 2.64. The number of carbonyl (C=O) groups is 2. The summed E-state index contributed by atoms with van der Waals surface area (Å²) in [4.78, 5) is 21.1. The summed E-state index contributed by atoms with van der Waals surface area (Å²) in [6, 6.07) is 0. The first-order valence-corrected chi connectivity index (χ1v) is 11.2. The number of halogens is 24. The molecule has 0 atom stereocenters. The standard InChI is InChI=1S/C14H9F17O2.C7H5F7O2/c1-5(2)6(32)33-4-3-7(15,16)8(17,18)9(19,20)10(21,22)11(23,24)12(25,26)13(27,28)14(29,30)31;1-2-4(15)16-3-5(8,9)6(10,11)7(12,13)14/h1,3-4H2,2H3;2H,1,3H2. The minimum absolute atomic E-state index is 0.349. The van der Waals surface area contributed by atoms with Gasteiger partial charge in [0.15, 0.2) is 6.61 Å². The van der Waals surface area contributed by atoms with Crippen molar-refractivity contribution in [3.8, 4) is 0 Å². The van der Waals surface area contributed by atoms with E-state index < -0.39 is 103 Å². The van der Waals surface area contributed by atoms with Gasteiger partial charge in [-0.15, -0.1) is 0 Å². The smallest absolute Gasteiger partial charge is 0.460 e. The lowest BCUT2D eigenvalue weighted by Gasteiger charge is -2.42. The molecule has 0 unspecified atom stereocenters. The SMILES string of the molecule is C=C(C)C(=O)OCCC(F)(F)C(F)(F)C(F)(F)C(F)(F)C(F)(F)C(F)(F)C(F)(F)C(F)(F)F.C=CC(=O)OCC(F)(F)C(F)(F)C(F)(F)F. The second kappa shape index (κ2) is 14.2. The van der Waals surface area contributed by atoms with Crippen molar-refractivity contribution in [3.05, 3.63) is 24.8 Å². The van der Waals surface area contributed by atoms with Gasteiger partial charge in [0.25, 0.3) is 0 Å². The summed E-state index contributed by atoms with van der Waals surface area (Å²) in [6.45, 7) is 2.07. The van der Waals surface area contributed by atoms with Crippen molar-refractivity contribution in [3.63, 3.8) is 0 Å². The second-order valence-corrected chi connectivity index (χ2v) is 8.90. The number of esters is 2. The molecule has 0 aromatic rings. The molecule has 0 aliphatic carbocycles. The molecule has 28 heteroatoms. The number of hydrogen-bond donors (Lipinski definition) is 0. The molecule has 0 aromatic heterocycles. The van der Waals surface area contributed by atoms with Crippen LogP contribution in [0.15, 0.2) is 24.8 Å². The van der Waals surface area contributed by atoms with E-state index in [0.29, 0.717) is 6.08 Å². The van der Waals surface area contributed by atoms with Gasteiger partial charge in [0.1, 0.15) is 0 Å². The Bertz CT molecular complexity index is 1200. The minimum atomic E-state index is -8.67. The molecule has 290 valence electrons. The monoisotopic (exact) mass is 786 g/mol. The largest absolute Gasteiger partial charge is 0.462 e. The maximum atomic E-state index is 13.5. The van der Waals surface area contributed by atoms with Crippen molar-refractivity contribution in [2.45, 2.75) is 79.0 Å². The lowest BCUT2D eigenvalue weighted by Crippen LogP contribution is -2.74. The Kier molecular flexibility index (Phi) is 13.8. The zero-order chi connectivity index (χ0) is 40.5. The fourth-order valence-corrected chi connectivity index (χ4v) is 2.27. The third kappa shape index (κ3) is 8.73. The van der Waals surface area contributed by atoms with Gasteiger partial charge >= 0.3 is 77.6 Å². The van der Waals surface area contributed by atoms with Crippen LogP contribution in [0, 0.1) is 0 Å². The van der Waals surface area contributed by atoms with Crippen molar-refractivity contribution in [1.82, 2.24) is 0 Å². The summed E-state index contributed by atoms with van der Waals surface area (Å²) in [5, 5.41) is 0. The van der Waals surface area contributed by atoms with Gasteiger partial charge in [-0.05, 0) is 6.92 Å². The van der Waals surface area contributed by atoms with E-state index in [-0.39, 0.29) is 0 Å². The summed E-state index contributed by atoms with van der Waals surface area (Å²) >= 11 is 0. The molecule has 0 radical (unpaired) electrons. The van der Waals surface area contributed by atoms with E-state index in [4.69, 9.17) is 0 Å². The number of rotatable bonds is 14. The number of carbonyl (C=O) groups excluding carboxylic acids is 2. The van der Waals surface area contributed by atoms with Crippen molar-refractivity contribution in [2.24, 2.45) is 0 Å². The fraction of sp³-hybridized carbons (Fsp3) is 0.714. The molecule has 0 spiro atoms. The van der Waals surface area contributed by atoms with Crippen LogP contribution in [0.4, 0.5) is 105 Å². The van der Waals surface area contributed by atoms with E-state index >= 15 is 0 Å². The Morgan fingerprint density at radius 1 is 0.510 bits per heavy atom. The molecule has 0 rings (SSSR count). The van der Waals surface area contributed by atoms with E-state index in [1.54, 1.807) is 0 Å². The molecule has 0 saturated carbocycles. The van der Waals surface area contributed by atoms with E-state index in [2.05, 4.69) is 22.6 Å². The predicted molar refractivity (Wildman–Crippen MR) is 108 cm³/mol. The lowest BCUT2D eigenvalue weighted by atomic mass is 9.88. The fourth-order valence-electron chi connectivity index (χ4n) is 2.27. The first kappa shape index (κ1) is 47.9. The van der Waals surface area contributed by atoms with Crippen LogP contribution in [0.25, 0.3) is 0 Å². The molecule has 0 aliphatic rings. The molecule has 0 aromatic carbocycles. The van der Waals surface area contributed by atoms with Gasteiger partial charge in [0.05, 0.1) is 13.0 Å². The highest BCUT2D eigenvalue weighted by Gasteiger charge is 2.95. The Labute approximate surface area is 254 Å². The molecule has 0 aliphatic heterocycles. The Balaban J connectivity index is 0. The maximum absolute atomic E-state index is 13.5. The average Bonchev–Trinajstić information content (AvgIpc) is 2.89. The molecule has 0 bridgehead atoms. The zero-order valence-corrected chi connectivity index (χ0v) is 22.8. The molecule has 0 fully saturated rings. The molecule has 0 heterocycles. The third-order valence-corrected chi connectivity index (χ3v) is 5.16. The van der Waals surface area contributed by atoms with Gasteiger partial charge in [-0.3, -0.25) is 0 Å². The summed E-state index contributed by atoms with van der Waals surface area (Å²) in [5.74, 6) is -71.7. The van der Waals surface area contributed by atoms with E-state index in [1.807, 2.05) is 0 Å². The summed E-state index contributed by atoms with van der Waals surface area (Å²) in [6.07, 6.45) is -16.7. The molecule has 0 amide bonds. The highest BCUT2D eigenvalue weighted by atomic mass is 19.4. The van der Waals surface area contributed by atoms with Gasteiger partial charge in [-0.2, -0.15) is 105 Å². The Morgan fingerprint density at radius 3 is 1.14 bits per heavy atom. The van der Waals surface area contributed by atoms with Crippen LogP contribution in [0.1, 0.15) is 13.3 Å². The molecular formula is C21H14F24O4. The van der Waals surface area contributed by atoms with Crippen molar-refractivity contribution < 1.29 is 124 Å². The molecular weight excluding hydrogens is 772 g/mol. The quantitative estimate of drug-likeness (QED) is 0.100. The maximum Gasteiger partial charge on any atom is 0.460 e. The average molecular weight is 786 g/mol. The van der Waals surface area contributed by atoms with E-state index in [9.17, 15) is 115 Å². The summed E-state index contributed by atoms with van der Waals surface area (Å²) < 4.78 is 312. The molecule has 0 saturated heterocycles.